The van der Waals surface area contributed by atoms with Crippen LogP contribution in [0.25, 0.3) is 11.3 Å². The van der Waals surface area contributed by atoms with E-state index in [9.17, 15) is 12.8 Å². The summed E-state index contributed by atoms with van der Waals surface area (Å²) in [7, 11) is -3.29. The zero-order valence-electron chi connectivity index (χ0n) is 12.8. The highest BCUT2D eigenvalue weighted by molar-refractivity contribution is 7.90. The SMILES string of the molecule is CS(=O)(=O)c1ccc(-c2nc(OCc3cccs3)ccc2F)cc1. The molecule has 124 valence electrons. The minimum Gasteiger partial charge on any atom is -0.472 e. The van der Waals surface area contributed by atoms with Crippen molar-refractivity contribution in [2.24, 2.45) is 0 Å². The molecule has 0 aliphatic carbocycles. The second-order valence-corrected chi connectivity index (χ2v) is 8.19. The molecule has 3 rings (SSSR count). The zero-order chi connectivity index (χ0) is 17.2. The lowest BCUT2D eigenvalue weighted by molar-refractivity contribution is 0.297. The van der Waals surface area contributed by atoms with Crippen molar-refractivity contribution in [1.82, 2.24) is 4.98 Å². The summed E-state index contributed by atoms with van der Waals surface area (Å²) in [5.41, 5.74) is 0.611. The molecule has 0 unspecified atom stereocenters. The fourth-order valence-electron chi connectivity index (χ4n) is 2.11. The first-order valence-corrected chi connectivity index (χ1v) is 9.83. The third-order valence-electron chi connectivity index (χ3n) is 3.32. The summed E-state index contributed by atoms with van der Waals surface area (Å²) < 4.78 is 42.6. The number of nitrogens with zero attached hydrogens (tertiary/aromatic N) is 1. The predicted molar refractivity (Wildman–Crippen MR) is 91.4 cm³/mol. The number of pyridine rings is 1. The molecule has 7 heteroatoms. The summed E-state index contributed by atoms with van der Waals surface area (Å²) in [5.74, 6) is -0.183. The third-order valence-corrected chi connectivity index (χ3v) is 5.30. The lowest BCUT2D eigenvalue weighted by atomic mass is 10.1. The van der Waals surface area contributed by atoms with Gasteiger partial charge in [-0.1, -0.05) is 18.2 Å². The van der Waals surface area contributed by atoms with Crippen molar-refractivity contribution < 1.29 is 17.5 Å². The fraction of sp³-hybridized carbons (Fsp3) is 0.118. The van der Waals surface area contributed by atoms with E-state index in [-0.39, 0.29) is 10.6 Å². The van der Waals surface area contributed by atoms with Crippen LogP contribution in [0.2, 0.25) is 0 Å². The Balaban J connectivity index is 1.86. The van der Waals surface area contributed by atoms with Crippen LogP contribution in [0.5, 0.6) is 5.88 Å². The Morgan fingerprint density at radius 1 is 1.12 bits per heavy atom. The number of hydrogen-bond acceptors (Lipinski definition) is 5. The molecule has 2 heterocycles. The van der Waals surface area contributed by atoms with Crippen LogP contribution in [0.1, 0.15) is 4.88 Å². The van der Waals surface area contributed by atoms with Gasteiger partial charge in [-0.25, -0.2) is 17.8 Å². The van der Waals surface area contributed by atoms with Gasteiger partial charge in [0.05, 0.1) is 4.90 Å². The molecular formula is C17H14FNO3S2. The first-order chi connectivity index (χ1) is 11.4. The van der Waals surface area contributed by atoms with E-state index in [0.29, 0.717) is 18.1 Å². The topological polar surface area (TPSA) is 56.3 Å². The zero-order valence-corrected chi connectivity index (χ0v) is 14.4. The normalized spacial score (nSPS) is 11.4. The van der Waals surface area contributed by atoms with Gasteiger partial charge in [-0.2, -0.15) is 0 Å². The maximum atomic E-state index is 14.1. The molecule has 0 bridgehead atoms. The molecule has 0 amide bonds. The number of rotatable bonds is 5. The van der Waals surface area contributed by atoms with E-state index in [1.54, 1.807) is 11.3 Å². The number of aromatic nitrogens is 1. The van der Waals surface area contributed by atoms with Crippen molar-refractivity contribution in [3.63, 3.8) is 0 Å². The number of benzene rings is 1. The number of thiophene rings is 1. The van der Waals surface area contributed by atoms with E-state index in [1.807, 2.05) is 17.5 Å². The Hall–Kier alpha value is -2.25. The molecule has 2 aromatic heterocycles. The van der Waals surface area contributed by atoms with Crippen molar-refractivity contribution in [2.45, 2.75) is 11.5 Å². The average Bonchev–Trinajstić information content (AvgIpc) is 3.07. The molecule has 0 fully saturated rings. The Labute approximate surface area is 143 Å². The highest BCUT2D eigenvalue weighted by Gasteiger charge is 2.12. The number of hydrogen-bond donors (Lipinski definition) is 0. The minimum atomic E-state index is -3.29. The van der Waals surface area contributed by atoms with Gasteiger partial charge < -0.3 is 4.74 Å². The molecule has 0 atom stereocenters. The van der Waals surface area contributed by atoms with Crippen molar-refractivity contribution in [2.75, 3.05) is 6.26 Å². The molecular weight excluding hydrogens is 349 g/mol. The lowest BCUT2D eigenvalue weighted by Crippen LogP contribution is -1.99. The Kier molecular flexibility index (Phi) is 4.64. The maximum Gasteiger partial charge on any atom is 0.214 e. The van der Waals surface area contributed by atoms with Crippen LogP contribution in [0, 0.1) is 5.82 Å². The summed E-state index contributed by atoms with van der Waals surface area (Å²) in [5, 5.41) is 1.95. The number of sulfone groups is 1. The van der Waals surface area contributed by atoms with Crippen LogP contribution in [-0.2, 0) is 16.4 Å². The van der Waals surface area contributed by atoms with Gasteiger partial charge in [0, 0.05) is 22.8 Å². The first-order valence-electron chi connectivity index (χ1n) is 7.06. The van der Waals surface area contributed by atoms with Gasteiger partial charge in [0.25, 0.3) is 0 Å². The van der Waals surface area contributed by atoms with Crippen molar-refractivity contribution >= 4 is 21.2 Å². The summed E-state index contributed by atoms with van der Waals surface area (Å²) >= 11 is 1.57. The van der Waals surface area contributed by atoms with Gasteiger partial charge in [0.15, 0.2) is 9.84 Å². The Morgan fingerprint density at radius 3 is 2.50 bits per heavy atom. The van der Waals surface area contributed by atoms with Gasteiger partial charge in [-0.05, 0) is 29.6 Å². The fourth-order valence-corrected chi connectivity index (χ4v) is 3.35. The van der Waals surface area contributed by atoms with Gasteiger partial charge >= 0.3 is 0 Å². The second kappa shape index (κ2) is 6.70. The molecule has 0 N–H and O–H groups in total. The summed E-state index contributed by atoms with van der Waals surface area (Å²) in [6.07, 6.45) is 1.12. The summed E-state index contributed by atoms with van der Waals surface area (Å²) in [6.45, 7) is 0.364. The summed E-state index contributed by atoms with van der Waals surface area (Å²) in [4.78, 5) is 5.41. The Bertz CT molecular complexity index is 936. The minimum absolute atomic E-state index is 0.124. The van der Waals surface area contributed by atoms with Crippen LogP contribution >= 0.6 is 11.3 Å². The lowest BCUT2D eigenvalue weighted by Gasteiger charge is -2.08. The average molecular weight is 363 g/mol. The second-order valence-electron chi connectivity index (χ2n) is 5.14. The Morgan fingerprint density at radius 2 is 1.88 bits per heavy atom. The first kappa shape index (κ1) is 16.6. The van der Waals surface area contributed by atoms with Crippen LogP contribution in [0.4, 0.5) is 4.39 Å². The smallest absolute Gasteiger partial charge is 0.214 e. The number of halogens is 1. The van der Waals surface area contributed by atoms with Crippen LogP contribution < -0.4 is 4.74 Å². The van der Waals surface area contributed by atoms with Gasteiger partial charge in [-0.3, -0.25) is 0 Å². The molecule has 0 radical (unpaired) electrons. The van der Waals surface area contributed by atoms with E-state index in [2.05, 4.69) is 4.98 Å². The molecule has 0 saturated heterocycles. The van der Waals surface area contributed by atoms with Crippen molar-refractivity contribution in [3.8, 4) is 17.1 Å². The predicted octanol–water partition coefficient (Wildman–Crippen LogP) is 3.93. The molecule has 0 saturated carbocycles. The largest absolute Gasteiger partial charge is 0.472 e. The highest BCUT2D eigenvalue weighted by atomic mass is 32.2. The van der Waals surface area contributed by atoms with E-state index in [1.165, 1.54) is 36.4 Å². The molecule has 0 aliphatic rings. The molecule has 3 aromatic rings. The summed E-state index contributed by atoms with van der Waals surface area (Å²) in [6, 6.07) is 12.6. The van der Waals surface area contributed by atoms with Crippen LogP contribution in [-0.4, -0.2) is 19.7 Å². The van der Waals surface area contributed by atoms with E-state index < -0.39 is 15.7 Å². The van der Waals surface area contributed by atoms with E-state index in [4.69, 9.17) is 4.74 Å². The highest BCUT2D eigenvalue weighted by Crippen LogP contribution is 2.25. The standard InChI is InChI=1S/C17H14FNO3S2/c1-24(20,21)14-6-4-12(5-7-14)17-15(18)8-9-16(19-17)22-11-13-3-2-10-23-13/h2-10H,11H2,1H3. The maximum absolute atomic E-state index is 14.1. The van der Waals surface area contributed by atoms with Gasteiger partial charge in [-0.15, -0.1) is 11.3 Å². The quantitative estimate of drug-likeness (QED) is 0.689. The molecule has 1 aromatic carbocycles. The third kappa shape index (κ3) is 3.80. The monoisotopic (exact) mass is 363 g/mol. The number of ether oxygens (including phenoxy) is 1. The van der Waals surface area contributed by atoms with E-state index in [0.717, 1.165) is 11.1 Å². The van der Waals surface area contributed by atoms with Gasteiger partial charge in [0.2, 0.25) is 5.88 Å². The molecule has 0 aliphatic heterocycles. The van der Waals surface area contributed by atoms with Crippen LogP contribution in [0.3, 0.4) is 0 Å². The molecule has 0 spiro atoms. The van der Waals surface area contributed by atoms with Gasteiger partial charge in [0.1, 0.15) is 18.1 Å². The molecule has 24 heavy (non-hydrogen) atoms. The van der Waals surface area contributed by atoms with E-state index >= 15 is 0 Å². The molecule has 4 nitrogen and oxygen atoms in total. The van der Waals surface area contributed by atoms with Crippen molar-refractivity contribution in [3.05, 3.63) is 64.6 Å². The van der Waals surface area contributed by atoms with Crippen LogP contribution in [0.15, 0.2) is 58.8 Å². The van der Waals surface area contributed by atoms with Crippen molar-refractivity contribution in [1.29, 1.82) is 0 Å².